The zero-order chi connectivity index (χ0) is 18.1. The molecule has 0 amide bonds. The van der Waals surface area contributed by atoms with E-state index in [0.29, 0.717) is 5.65 Å². The molecule has 0 spiro atoms. The van der Waals surface area contributed by atoms with Gasteiger partial charge in [0.25, 0.3) is 5.56 Å². The van der Waals surface area contributed by atoms with Crippen molar-refractivity contribution >= 4 is 62.3 Å². The maximum absolute atomic E-state index is 12.1. The zero-order valence-electron chi connectivity index (χ0n) is 12.2. The maximum atomic E-state index is 12.1. The molecule has 3 heterocycles. The third kappa shape index (κ3) is 3.79. The van der Waals surface area contributed by atoms with Crippen molar-refractivity contribution in [2.24, 2.45) is 0 Å². The molecule has 0 aliphatic rings. The topological polar surface area (TPSA) is 73.6 Å². The quantitative estimate of drug-likeness (QED) is 0.545. The summed E-state index contributed by atoms with van der Waals surface area (Å²) in [4.78, 5) is 32.3. The number of rotatable bonds is 3. The molecule has 0 unspecified atom stereocenters. The summed E-state index contributed by atoms with van der Waals surface area (Å²) in [6.07, 6.45) is 2.80. The van der Waals surface area contributed by atoms with Gasteiger partial charge in [-0.25, -0.2) is 14.8 Å². The van der Waals surface area contributed by atoms with Gasteiger partial charge in [-0.2, -0.15) is 0 Å². The Kier molecular flexibility index (Phi) is 5.29. The third-order valence-electron chi connectivity index (χ3n) is 3.14. The standard InChI is InChI=1S/C15H7BrCl3N3O3/c16-7-1-2-10-21-8(3-11(23)22(10)5-7)6-25-15(24)14-13(19)12(18)9(17)4-20-14/h1-5H,6H2. The Labute approximate surface area is 164 Å². The van der Waals surface area contributed by atoms with E-state index in [0.717, 1.165) is 4.47 Å². The molecule has 25 heavy (non-hydrogen) atoms. The summed E-state index contributed by atoms with van der Waals surface area (Å²) < 4.78 is 7.22. The van der Waals surface area contributed by atoms with Crippen LogP contribution >= 0.6 is 50.7 Å². The first kappa shape index (κ1) is 18.1. The fraction of sp³-hybridized carbons (Fsp3) is 0.0667. The van der Waals surface area contributed by atoms with E-state index in [2.05, 4.69) is 25.9 Å². The van der Waals surface area contributed by atoms with Crippen molar-refractivity contribution in [1.82, 2.24) is 14.4 Å². The maximum Gasteiger partial charge on any atom is 0.358 e. The van der Waals surface area contributed by atoms with Gasteiger partial charge in [0.1, 0.15) is 12.3 Å². The van der Waals surface area contributed by atoms with Crippen LogP contribution in [0.2, 0.25) is 15.1 Å². The molecule has 10 heteroatoms. The number of carbonyl (C=O) groups is 1. The van der Waals surface area contributed by atoms with Crippen molar-refractivity contribution in [3.8, 4) is 0 Å². The van der Waals surface area contributed by atoms with Gasteiger partial charge in [0, 0.05) is 22.9 Å². The minimum atomic E-state index is -0.804. The fourth-order valence-electron chi connectivity index (χ4n) is 1.99. The predicted octanol–water partition coefficient (Wildman–Crippen LogP) is 4.17. The molecular weight excluding hydrogens is 456 g/mol. The first-order chi connectivity index (χ1) is 11.9. The lowest BCUT2D eigenvalue weighted by molar-refractivity contribution is 0.0461. The van der Waals surface area contributed by atoms with Crippen LogP contribution in [-0.2, 0) is 11.3 Å². The minimum absolute atomic E-state index is 0.0120. The van der Waals surface area contributed by atoms with Crippen LogP contribution in [0, 0.1) is 0 Å². The number of esters is 1. The summed E-state index contributed by atoms with van der Waals surface area (Å²) in [5, 5.41) is 0.0343. The molecule has 128 valence electrons. The van der Waals surface area contributed by atoms with Crippen LogP contribution in [0.3, 0.4) is 0 Å². The number of nitrogens with zero attached hydrogens (tertiary/aromatic N) is 3. The van der Waals surface area contributed by atoms with Gasteiger partial charge >= 0.3 is 5.97 Å². The summed E-state index contributed by atoms with van der Waals surface area (Å²) in [5.41, 5.74) is 0.241. The summed E-state index contributed by atoms with van der Waals surface area (Å²) in [6, 6.07) is 4.68. The second-order valence-electron chi connectivity index (χ2n) is 4.82. The smallest absolute Gasteiger partial charge is 0.358 e. The molecule has 0 aliphatic heterocycles. The Bertz CT molecular complexity index is 1060. The molecule has 3 aromatic rings. The van der Waals surface area contributed by atoms with E-state index in [1.165, 1.54) is 16.7 Å². The van der Waals surface area contributed by atoms with E-state index >= 15 is 0 Å². The van der Waals surface area contributed by atoms with Crippen molar-refractivity contribution < 1.29 is 9.53 Å². The monoisotopic (exact) mass is 461 g/mol. The zero-order valence-corrected chi connectivity index (χ0v) is 16.0. The summed E-state index contributed by atoms with van der Waals surface area (Å²) in [6.45, 7) is -0.223. The second-order valence-corrected chi connectivity index (χ2v) is 6.90. The largest absolute Gasteiger partial charge is 0.454 e. The van der Waals surface area contributed by atoms with E-state index in [-0.39, 0.29) is 38.6 Å². The molecule has 0 N–H and O–H groups in total. The Morgan fingerprint density at radius 2 is 2.00 bits per heavy atom. The number of halogens is 4. The highest BCUT2D eigenvalue weighted by Crippen LogP contribution is 2.31. The normalized spacial score (nSPS) is 10.9. The molecule has 6 nitrogen and oxygen atoms in total. The number of hydrogen-bond donors (Lipinski definition) is 0. The predicted molar refractivity (Wildman–Crippen MR) is 97.5 cm³/mol. The SMILES string of the molecule is O=C(OCc1cc(=O)n2cc(Br)ccc2n1)c1ncc(Cl)c(Cl)c1Cl. The van der Waals surface area contributed by atoms with E-state index < -0.39 is 5.97 Å². The fourth-order valence-corrected chi connectivity index (χ4v) is 2.89. The molecule has 0 atom stereocenters. The number of pyridine rings is 2. The molecule has 3 rings (SSSR count). The highest BCUT2D eigenvalue weighted by molar-refractivity contribution is 9.10. The molecular formula is C15H7BrCl3N3O3. The van der Waals surface area contributed by atoms with Crippen LogP contribution in [0.25, 0.3) is 5.65 Å². The first-order valence-corrected chi connectivity index (χ1v) is 8.64. The van der Waals surface area contributed by atoms with Crippen LogP contribution < -0.4 is 5.56 Å². The number of carbonyl (C=O) groups excluding carboxylic acids is 1. The van der Waals surface area contributed by atoms with Crippen LogP contribution in [-0.4, -0.2) is 20.3 Å². The number of fused-ring (bicyclic) bond motifs is 1. The Morgan fingerprint density at radius 3 is 2.76 bits per heavy atom. The van der Waals surface area contributed by atoms with E-state index in [9.17, 15) is 9.59 Å². The number of aromatic nitrogens is 3. The van der Waals surface area contributed by atoms with E-state index in [4.69, 9.17) is 39.5 Å². The average molecular weight is 464 g/mol. The summed E-state index contributed by atoms with van der Waals surface area (Å²) in [7, 11) is 0. The van der Waals surface area contributed by atoms with E-state index in [1.54, 1.807) is 18.3 Å². The van der Waals surface area contributed by atoms with Crippen LogP contribution in [0.1, 0.15) is 16.2 Å². The Balaban J connectivity index is 1.83. The van der Waals surface area contributed by atoms with Gasteiger partial charge in [0.2, 0.25) is 0 Å². The molecule has 0 aromatic carbocycles. The van der Waals surface area contributed by atoms with Gasteiger partial charge in [-0.1, -0.05) is 34.8 Å². The van der Waals surface area contributed by atoms with Gasteiger partial charge < -0.3 is 4.74 Å². The van der Waals surface area contributed by atoms with Crippen LogP contribution in [0.15, 0.2) is 39.9 Å². The average Bonchev–Trinajstić information content (AvgIpc) is 2.58. The Hall–Kier alpha value is -1.67. The Morgan fingerprint density at radius 1 is 1.24 bits per heavy atom. The number of hydrogen-bond acceptors (Lipinski definition) is 5. The van der Waals surface area contributed by atoms with Gasteiger partial charge in [0.05, 0.1) is 20.8 Å². The highest BCUT2D eigenvalue weighted by atomic mass is 79.9. The molecule has 0 saturated carbocycles. The number of ether oxygens (including phenoxy) is 1. The van der Waals surface area contributed by atoms with Crippen molar-refractivity contribution in [3.63, 3.8) is 0 Å². The lowest BCUT2D eigenvalue weighted by Crippen LogP contribution is -2.17. The van der Waals surface area contributed by atoms with Crippen molar-refractivity contribution in [2.45, 2.75) is 6.61 Å². The van der Waals surface area contributed by atoms with Crippen molar-refractivity contribution in [3.05, 3.63) is 71.9 Å². The van der Waals surface area contributed by atoms with Crippen LogP contribution in [0.5, 0.6) is 0 Å². The molecule has 0 bridgehead atoms. The van der Waals surface area contributed by atoms with Crippen LogP contribution in [0.4, 0.5) is 0 Å². The van der Waals surface area contributed by atoms with Gasteiger partial charge in [-0.15, -0.1) is 0 Å². The first-order valence-electron chi connectivity index (χ1n) is 6.71. The van der Waals surface area contributed by atoms with Gasteiger partial charge in [-0.3, -0.25) is 9.20 Å². The third-order valence-corrected chi connectivity index (χ3v) is 4.85. The lowest BCUT2D eigenvalue weighted by Gasteiger charge is -2.08. The molecule has 0 radical (unpaired) electrons. The molecule has 0 aliphatic carbocycles. The highest BCUT2D eigenvalue weighted by Gasteiger charge is 2.18. The van der Waals surface area contributed by atoms with Gasteiger partial charge in [0.15, 0.2) is 5.69 Å². The van der Waals surface area contributed by atoms with Crippen molar-refractivity contribution in [1.29, 1.82) is 0 Å². The van der Waals surface area contributed by atoms with Crippen molar-refractivity contribution in [2.75, 3.05) is 0 Å². The molecule has 0 saturated heterocycles. The van der Waals surface area contributed by atoms with Gasteiger partial charge in [-0.05, 0) is 28.1 Å². The molecule has 0 fully saturated rings. The lowest BCUT2D eigenvalue weighted by atomic mass is 10.3. The second kappa shape index (κ2) is 7.29. The minimum Gasteiger partial charge on any atom is -0.454 e. The summed E-state index contributed by atoms with van der Waals surface area (Å²) >= 11 is 20.9. The van der Waals surface area contributed by atoms with E-state index in [1.807, 2.05) is 0 Å². The summed E-state index contributed by atoms with van der Waals surface area (Å²) in [5.74, 6) is -0.804. The molecule has 3 aromatic heterocycles.